The monoisotopic (exact) mass is 346 g/mol. The van der Waals surface area contributed by atoms with Gasteiger partial charge in [-0.1, -0.05) is 0 Å². The zero-order chi connectivity index (χ0) is 17.7. The first-order valence-corrected chi connectivity index (χ1v) is 7.24. The molecule has 2 N–H and O–H groups in total. The van der Waals surface area contributed by atoms with Crippen molar-refractivity contribution in [2.75, 3.05) is 25.6 Å². The Bertz CT molecular complexity index is 619. The minimum atomic E-state index is -4.55. The summed E-state index contributed by atoms with van der Waals surface area (Å²) in [6, 6.07) is 2.05. The van der Waals surface area contributed by atoms with E-state index in [9.17, 15) is 22.8 Å². The number of amides is 2. The van der Waals surface area contributed by atoms with Gasteiger partial charge in [0.05, 0.1) is 17.9 Å². The van der Waals surface area contributed by atoms with Crippen LogP contribution in [-0.4, -0.2) is 38.2 Å². The van der Waals surface area contributed by atoms with Gasteiger partial charge in [0.1, 0.15) is 18.4 Å². The number of hydrogen-bond donors (Lipinski definition) is 2. The van der Waals surface area contributed by atoms with Crippen LogP contribution in [0.25, 0.3) is 0 Å². The number of benzene rings is 1. The lowest BCUT2D eigenvalue weighted by Crippen LogP contribution is -2.37. The van der Waals surface area contributed by atoms with Gasteiger partial charge in [0.15, 0.2) is 0 Å². The molecule has 2 rings (SSSR count). The molecule has 1 aliphatic rings. The fourth-order valence-corrected chi connectivity index (χ4v) is 2.20. The molecule has 1 aromatic rings. The molecule has 0 aromatic heterocycles. The van der Waals surface area contributed by atoms with E-state index in [0.717, 1.165) is 18.2 Å². The summed E-state index contributed by atoms with van der Waals surface area (Å²) in [6.07, 6.45) is -4.05. The third-order valence-corrected chi connectivity index (χ3v) is 3.42. The molecule has 6 nitrogen and oxygen atoms in total. The quantitative estimate of drug-likeness (QED) is 0.772. The summed E-state index contributed by atoms with van der Waals surface area (Å²) in [6.45, 7) is 0.359. The summed E-state index contributed by atoms with van der Waals surface area (Å²) in [7, 11) is 1.46. The van der Waals surface area contributed by atoms with E-state index in [4.69, 9.17) is 9.47 Å². The summed E-state index contributed by atoms with van der Waals surface area (Å²) >= 11 is 0. The van der Waals surface area contributed by atoms with Crippen molar-refractivity contribution in [3.05, 3.63) is 23.8 Å². The SMILES string of the molecule is COCCOc1ccc(C(F)(F)F)cc1NC(=O)C1CCC(=O)N1. The largest absolute Gasteiger partial charge is 0.489 e. The van der Waals surface area contributed by atoms with E-state index in [1.54, 1.807) is 0 Å². The van der Waals surface area contributed by atoms with Crippen molar-refractivity contribution in [3.63, 3.8) is 0 Å². The minimum Gasteiger partial charge on any atom is -0.489 e. The summed E-state index contributed by atoms with van der Waals surface area (Å²) in [5.41, 5.74) is -1.01. The molecule has 1 heterocycles. The van der Waals surface area contributed by atoms with Crippen molar-refractivity contribution in [1.29, 1.82) is 0 Å². The van der Waals surface area contributed by atoms with Gasteiger partial charge in [-0.05, 0) is 24.6 Å². The minimum absolute atomic E-state index is 0.0951. The van der Waals surface area contributed by atoms with Crippen molar-refractivity contribution in [3.8, 4) is 5.75 Å². The van der Waals surface area contributed by atoms with Crippen LogP contribution in [0.2, 0.25) is 0 Å². The van der Waals surface area contributed by atoms with Crippen LogP contribution >= 0.6 is 0 Å². The van der Waals surface area contributed by atoms with Crippen LogP contribution in [0.5, 0.6) is 5.75 Å². The second-order valence-electron chi connectivity index (χ2n) is 5.20. The van der Waals surface area contributed by atoms with Gasteiger partial charge in [0, 0.05) is 13.5 Å². The number of alkyl halides is 3. The number of carbonyl (C=O) groups is 2. The first-order valence-electron chi connectivity index (χ1n) is 7.24. The van der Waals surface area contributed by atoms with Gasteiger partial charge in [-0.25, -0.2) is 0 Å². The van der Waals surface area contributed by atoms with E-state index in [1.165, 1.54) is 7.11 Å². The van der Waals surface area contributed by atoms with Gasteiger partial charge in [-0.2, -0.15) is 13.2 Å². The first kappa shape index (κ1) is 18.1. The maximum absolute atomic E-state index is 12.9. The highest BCUT2D eigenvalue weighted by Gasteiger charge is 2.32. The van der Waals surface area contributed by atoms with Crippen LogP contribution in [0.3, 0.4) is 0 Å². The molecule has 9 heteroatoms. The molecule has 0 saturated carbocycles. The summed E-state index contributed by atoms with van der Waals surface area (Å²) in [5, 5.41) is 4.85. The Morgan fingerprint density at radius 2 is 2.12 bits per heavy atom. The Balaban J connectivity index is 2.19. The fourth-order valence-electron chi connectivity index (χ4n) is 2.20. The Labute approximate surface area is 136 Å². The van der Waals surface area contributed by atoms with Crippen LogP contribution in [-0.2, 0) is 20.5 Å². The van der Waals surface area contributed by atoms with Gasteiger partial charge in [-0.3, -0.25) is 9.59 Å². The van der Waals surface area contributed by atoms with Gasteiger partial charge in [-0.15, -0.1) is 0 Å². The molecule has 0 bridgehead atoms. The lowest BCUT2D eigenvalue weighted by Gasteiger charge is -2.17. The number of ether oxygens (including phenoxy) is 2. The van der Waals surface area contributed by atoms with Crippen molar-refractivity contribution in [1.82, 2.24) is 5.32 Å². The zero-order valence-corrected chi connectivity index (χ0v) is 12.9. The zero-order valence-electron chi connectivity index (χ0n) is 12.9. The number of hydrogen-bond acceptors (Lipinski definition) is 4. The van der Waals surface area contributed by atoms with Crippen molar-refractivity contribution in [2.45, 2.75) is 25.1 Å². The number of methoxy groups -OCH3 is 1. The second kappa shape index (κ2) is 7.52. The number of halogens is 3. The van der Waals surface area contributed by atoms with E-state index in [1.807, 2.05) is 0 Å². The predicted octanol–water partition coefficient (Wildman–Crippen LogP) is 1.95. The van der Waals surface area contributed by atoms with Crippen LogP contribution in [0.15, 0.2) is 18.2 Å². The van der Waals surface area contributed by atoms with E-state index >= 15 is 0 Å². The molecule has 0 spiro atoms. The molecule has 0 aliphatic carbocycles. The van der Waals surface area contributed by atoms with Crippen LogP contribution in [0.1, 0.15) is 18.4 Å². The number of anilines is 1. The molecular weight excluding hydrogens is 329 g/mol. The van der Waals surface area contributed by atoms with Gasteiger partial charge >= 0.3 is 6.18 Å². The number of nitrogens with one attached hydrogen (secondary N) is 2. The van der Waals surface area contributed by atoms with Gasteiger partial charge in [0.25, 0.3) is 0 Å². The Kier molecular flexibility index (Phi) is 5.66. The molecule has 132 valence electrons. The van der Waals surface area contributed by atoms with E-state index in [2.05, 4.69) is 10.6 Å². The van der Waals surface area contributed by atoms with Crippen molar-refractivity contribution >= 4 is 17.5 Å². The highest BCUT2D eigenvalue weighted by molar-refractivity contribution is 5.99. The number of rotatable bonds is 6. The molecule has 2 amide bonds. The summed E-state index contributed by atoms with van der Waals surface area (Å²) in [5.74, 6) is -0.759. The normalized spacial score (nSPS) is 17.5. The highest BCUT2D eigenvalue weighted by Crippen LogP contribution is 2.35. The molecule has 24 heavy (non-hydrogen) atoms. The van der Waals surface area contributed by atoms with Crippen molar-refractivity contribution in [2.24, 2.45) is 0 Å². The van der Waals surface area contributed by atoms with Gasteiger partial charge < -0.3 is 20.1 Å². The fraction of sp³-hybridized carbons (Fsp3) is 0.467. The lowest BCUT2D eigenvalue weighted by atomic mass is 10.1. The molecular formula is C15H17F3N2O4. The molecule has 1 atom stereocenters. The smallest absolute Gasteiger partial charge is 0.416 e. The molecule has 1 saturated heterocycles. The van der Waals surface area contributed by atoms with Gasteiger partial charge in [0.2, 0.25) is 11.8 Å². The topological polar surface area (TPSA) is 76.7 Å². The Morgan fingerprint density at radius 3 is 2.71 bits per heavy atom. The molecule has 1 aromatic carbocycles. The number of carbonyl (C=O) groups excluding carboxylic acids is 2. The van der Waals surface area contributed by atoms with Crippen LogP contribution in [0.4, 0.5) is 18.9 Å². The van der Waals surface area contributed by atoms with Crippen LogP contribution < -0.4 is 15.4 Å². The summed E-state index contributed by atoms with van der Waals surface area (Å²) in [4.78, 5) is 23.3. The standard InChI is InChI=1S/C15H17F3N2O4/c1-23-6-7-24-12-4-2-9(15(16,17)18)8-11(12)20-14(22)10-3-5-13(21)19-10/h2,4,8,10H,3,5-7H2,1H3,(H,19,21)(H,20,22). The maximum atomic E-state index is 12.9. The molecule has 1 aliphatic heterocycles. The van der Waals surface area contributed by atoms with E-state index in [-0.39, 0.29) is 37.0 Å². The first-order chi connectivity index (χ1) is 11.3. The van der Waals surface area contributed by atoms with Crippen molar-refractivity contribution < 1.29 is 32.2 Å². The third-order valence-electron chi connectivity index (χ3n) is 3.42. The Hall–Kier alpha value is -2.29. The maximum Gasteiger partial charge on any atom is 0.416 e. The Morgan fingerprint density at radius 1 is 1.38 bits per heavy atom. The van der Waals surface area contributed by atoms with E-state index in [0.29, 0.717) is 6.42 Å². The average molecular weight is 346 g/mol. The molecule has 0 radical (unpaired) electrons. The highest BCUT2D eigenvalue weighted by atomic mass is 19.4. The average Bonchev–Trinajstić information content (AvgIpc) is 2.94. The van der Waals surface area contributed by atoms with E-state index < -0.39 is 23.7 Å². The second-order valence-corrected chi connectivity index (χ2v) is 5.20. The lowest BCUT2D eigenvalue weighted by molar-refractivity contribution is -0.137. The third kappa shape index (κ3) is 4.60. The summed E-state index contributed by atoms with van der Waals surface area (Å²) < 4.78 is 48.7. The molecule has 1 fully saturated rings. The van der Waals surface area contributed by atoms with Crippen LogP contribution in [0, 0.1) is 0 Å². The predicted molar refractivity (Wildman–Crippen MR) is 78.6 cm³/mol. The molecule has 1 unspecified atom stereocenters.